The SMILES string of the molecule is CC(C)(C)[Si](Oc1cccc(F)c1-c1cc2c(C3CC3)nnc(N3CCN(C(=O)O)CC3)c2cc1Cl)(c1ccccc1)c1ccccc1. The fourth-order valence-corrected chi connectivity index (χ4v) is 11.7. The van der Waals surface area contributed by atoms with E-state index in [1.165, 1.54) is 11.0 Å². The Morgan fingerprint density at radius 2 is 1.50 bits per heavy atom. The van der Waals surface area contributed by atoms with Gasteiger partial charge in [0.1, 0.15) is 11.6 Å². The molecule has 0 radical (unpaired) electrons. The van der Waals surface area contributed by atoms with Crippen LogP contribution in [0.2, 0.25) is 10.1 Å². The van der Waals surface area contributed by atoms with E-state index in [-0.39, 0.29) is 11.0 Å². The van der Waals surface area contributed by atoms with Crippen LogP contribution in [0.5, 0.6) is 5.75 Å². The lowest BCUT2D eigenvalue weighted by Gasteiger charge is -2.43. The fraction of sp³-hybridized carbons (Fsp3) is 0.289. The molecule has 48 heavy (non-hydrogen) atoms. The van der Waals surface area contributed by atoms with E-state index in [1.807, 2.05) is 54.6 Å². The molecule has 7 rings (SSSR count). The van der Waals surface area contributed by atoms with Gasteiger partial charge in [-0.2, -0.15) is 5.10 Å². The molecule has 2 aliphatic rings. The van der Waals surface area contributed by atoms with Gasteiger partial charge in [0.05, 0.1) is 11.3 Å². The van der Waals surface area contributed by atoms with Crippen molar-refractivity contribution in [3.63, 3.8) is 0 Å². The predicted molar refractivity (Wildman–Crippen MR) is 192 cm³/mol. The molecule has 5 aromatic rings. The highest BCUT2D eigenvalue weighted by atomic mass is 35.5. The maximum absolute atomic E-state index is 16.3. The molecule has 1 aliphatic carbocycles. The first-order valence-corrected chi connectivity index (χ1v) is 18.7. The van der Waals surface area contributed by atoms with Gasteiger partial charge in [-0.1, -0.05) is 99.1 Å². The van der Waals surface area contributed by atoms with Gasteiger partial charge in [-0.15, -0.1) is 5.10 Å². The summed E-state index contributed by atoms with van der Waals surface area (Å²) in [5.41, 5.74) is 1.72. The first-order valence-electron chi connectivity index (χ1n) is 16.4. The standard InChI is InChI=1S/C38H38ClFN4O3Si/c1-38(2,3)48(26-11-6-4-7-12-26,27-13-8-5-9-14-27)47-33-16-10-15-32(40)34(33)30-23-28-29(24-31(30)39)36(42-41-35(28)25-17-18-25)43-19-21-44(22-20-43)37(45)46/h4-16,23-25H,17-22H2,1-3H3,(H,45,46). The summed E-state index contributed by atoms with van der Waals surface area (Å²) < 4.78 is 23.7. The molecule has 1 aromatic heterocycles. The van der Waals surface area contributed by atoms with E-state index in [0.717, 1.165) is 39.7 Å². The van der Waals surface area contributed by atoms with Crippen molar-refractivity contribution in [3.8, 4) is 16.9 Å². The number of amides is 1. The Labute approximate surface area is 286 Å². The van der Waals surface area contributed by atoms with Gasteiger partial charge in [0.25, 0.3) is 0 Å². The van der Waals surface area contributed by atoms with Crippen LogP contribution in [0.4, 0.5) is 15.0 Å². The number of benzene rings is 4. The van der Waals surface area contributed by atoms with Crippen LogP contribution in [0.1, 0.15) is 45.2 Å². The second-order valence-electron chi connectivity index (χ2n) is 13.7. The smallest absolute Gasteiger partial charge is 0.407 e. The van der Waals surface area contributed by atoms with Gasteiger partial charge in [-0.25, -0.2) is 9.18 Å². The molecule has 1 N–H and O–H groups in total. The summed E-state index contributed by atoms with van der Waals surface area (Å²) in [7, 11) is -3.10. The summed E-state index contributed by atoms with van der Waals surface area (Å²) in [6.07, 6.45) is 1.10. The van der Waals surface area contributed by atoms with Gasteiger partial charge in [-0.3, -0.25) is 0 Å². The maximum Gasteiger partial charge on any atom is 0.407 e. The third-order valence-corrected chi connectivity index (χ3v) is 14.9. The number of nitrogens with zero attached hydrogens (tertiary/aromatic N) is 4. The molecule has 1 saturated carbocycles. The zero-order chi connectivity index (χ0) is 33.6. The Bertz CT molecular complexity index is 1940. The van der Waals surface area contributed by atoms with Gasteiger partial charge in [0.2, 0.25) is 0 Å². The van der Waals surface area contributed by atoms with Crippen LogP contribution in [-0.2, 0) is 0 Å². The number of fused-ring (bicyclic) bond motifs is 1. The molecule has 1 saturated heterocycles. The normalized spacial score (nSPS) is 15.5. The Kier molecular flexibility index (Phi) is 8.37. The van der Waals surface area contributed by atoms with Crippen molar-refractivity contribution in [2.75, 3.05) is 31.1 Å². The number of aromatic nitrogens is 2. The van der Waals surface area contributed by atoms with Crippen LogP contribution in [0.15, 0.2) is 91.0 Å². The zero-order valence-corrected chi connectivity index (χ0v) is 29.0. The van der Waals surface area contributed by atoms with E-state index in [2.05, 4.69) is 55.0 Å². The van der Waals surface area contributed by atoms with Crippen LogP contribution in [0, 0.1) is 5.82 Å². The number of halogens is 2. The number of piperazine rings is 1. The second kappa shape index (κ2) is 12.5. The Balaban J connectivity index is 1.40. The van der Waals surface area contributed by atoms with Crippen LogP contribution >= 0.6 is 11.6 Å². The number of carboxylic acid groups (broad SMARTS) is 1. The fourth-order valence-electron chi connectivity index (χ4n) is 7.04. The van der Waals surface area contributed by atoms with Crippen molar-refractivity contribution in [1.29, 1.82) is 0 Å². The van der Waals surface area contributed by atoms with Crippen molar-refractivity contribution in [1.82, 2.24) is 15.1 Å². The van der Waals surface area contributed by atoms with Crippen molar-refractivity contribution < 1.29 is 18.7 Å². The summed E-state index contributed by atoms with van der Waals surface area (Å²) in [4.78, 5) is 15.0. The highest BCUT2D eigenvalue weighted by Gasteiger charge is 2.52. The average molecular weight is 681 g/mol. The van der Waals surface area contributed by atoms with Crippen molar-refractivity contribution in [2.24, 2.45) is 0 Å². The van der Waals surface area contributed by atoms with Gasteiger partial charge in [0, 0.05) is 53.5 Å². The molecular weight excluding hydrogens is 643 g/mol. The van der Waals surface area contributed by atoms with E-state index >= 15 is 4.39 Å². The molecule has 0 unspecified atom stereocenters. The van der Waals surface area contributed by atoms with Gasteiger partial charge >= 0.3 is 14.4 Å². The Morgan fingerprint density at radius 3 is 2.06 bits per heavy atom. The minimum atomic E-state index is -3.10. The summed E-state index contributed by atoms with van der Waals surface area (Å²) in [5.74, 6) is 0.947. The molecule has 0 atom stereocenters. The van der Waals surface area contributed by atoms with Crippen LogP contribution < -0.4 is 19.7 Å². The lowest BCUT2D eigenvalue weighted by molar-refractivity contribution is 0.142. The molecule has 2 fully saturated rings. The zero-order valence-electron chi connectivity index (χ0n) is 27.3. The topological polar surface area (TPSA) is 78.8 Å². The van der Waals surface area contributed by atoms with Crippen molar-refractivity contribution in [3.05, 3.63) is 108 Å². The van der Waals surface area contributed by atoms with Crippen LogP contribution in [0.25, 0.3) is 21.9 Å². The molecule has 1 aliphatic heterocycles. The Morgan fingerprint density at radius 1 is 0.875 bits per heavy atom. The van der Waals surface area contributed by atoms with Crippen molar-refractivity contribution in [2.45, 2.75) is 44.6 Å². The molecule has 246 valence electrons. The van der Waals surface area contributed by atoms with E-state index < -0.39 is 20.2 Å². The quantitative estimate of drug-likeness (QED) is 0.178. The second-order valence-corrected chi connectivity index (χ2v) is 18.3. The van der Waals surface area contributed by atoms with Crippen LogP contribution in [-0.4, -0.2) is 60.8 Å². The average Bonchev–Trinajstić information content (AvgIpc) is 3.93. The largest absolute Gasteiger partial charge is 0.533 e. The summed E-state index contributed by atoms with van der Waals surface area (Å²) in [6, 6.07) is 29.4. The molecule has 10 heteroatoms. The minimum absolute atomic E-state index is 0.278. The van der Waals surface area contributed by atoms with Crippen LogP contribution in [0.3, 0.4) is 0 Å². The Hall–Kier alpha value is -4.47. The molecule has 0 bridgehead atoms. The molecule has 4 aromatic carbocycles. The van der Waals surface area contributed by atoms with Gasteiger partial charge < -0.3 is 19.3 Å². The number of hydrogen-bond acceptors (Lipinski definition) is 5. The molecule has 7 nitrogen and oxygen atoms in total. The number of anilines is 1. The highest BCUT2D eigenvalue weighted by Crippen LogP contribution is 2.47. The summed E-state index contributed by atoms with van der Waals surface area (Å²) >= 11 is 7.14. The van der Waals surface area contributed by atoms with E-state index in [0.29, 0.717) is 53.9 Å². The number of carbonyl (C=O) groups is 1. The minimum Gasteiger partial charge on any atom is -0.533 e. The lowest BCUT2D eigenvalue weighted by atomic mass is 9.98. The lowest BCUT2D eigenvalue weighted by Crippen LogP contribution is -2.68. The first-order chi connectivity index (χ1) is 23.1. The monoisotopic (exact) mass is 680 g/mol. The number of rotatable bonds is 7. The molecule has 0 spiro atoms. The molecular formula is C38H38ClFN4O3Si. The van der Waals surface area contributed by atoms with Crippen molar-refractivity contribution >= 4 is 53.0 Å². The summed E-state index contributed by atoms with van der Waals surface area (Å²) in [6.45, 7) is 8.29. The first kappa shape index (κ1) is 32.1. The highest BCUT2D eigenvalue weighted by molar-refractivity contribution is 7.00. The number of hydrogen-bond donors (Lipinski definition) is 1. The van der Waals surface area contributed by atoms with E-state index in [9.17, 15) is 9.90 Å². The van der Waals surface area contributed by atoms with E-state index in [4.69, 9.17) is 21.1 Å². The van der Waals surface area contributed by atoms with E-state index in [1.54, 1.807) is 6.07 Å². The summed E-state index contributed by atoms with van der Waals surface area (Å²) in [5, 5.41) is 22.7. The third kappa shape index (κ3) is 5.69. The third-order valence-electron chi connectivity index (χ3n) is 9.61. The molecule has 1 amide bonds. The predicted octanol–water partition coefficient (Wildman–Crippen LogP) is 7.71. The maximum atomic E-state index is 16.3. The molecule has 2 heterocycles. The van der Waals surface area contributed by atoms with Gasteiger partial charge in [-0.05, 0) is 52.5 Å². The van der Waals surface area contributed by atoms with Gasteiger partial charge in [0.15, 0.2) is 5.82 Å².